The van der Waals surface area contributed by atoms with Crippen LogP contribution in [0.2, 0.25) is 0 Å². The first-order valence-electron chi connectivity index (χ1n) is 8.54. The number of nitrogens with one attached hydrogen (secondary N) is 2. The molecule has 4 rings (SSSR count). The average Bonchev–Trinajstić information content (AvgIpc) is 3.20. The Hall–Kier alpha value is -3.46. The summed E-state index contributed by atoms with van der Waals surface area (Å²) in [4.78, 5) is 13.2. The lowest BCUT2D eigenvalue weighted by molar-refractivity contribution is 0.607. The van der Waals surface area contributed by atoms with E-state index in [1.165, 1.54) is 0 Å². The maximum Gasteiger partial charge on any atom is 0.237 e. The lowest BCUT2D eigenvalue weighted by Gasteiger charge is -2.13. The molecule has 2 heterocycles. The zero-order valence-electron chi connectivity index (χ0n) is 15.1. The van der Waals surface area contributed by atoms with Crippen molar-refractivity contribution in [3.05, 3.63) is 72.8 Å². The van der Waals surface area contributed by atoms with Crippen LogP contribution in [-0.4, -0.2) is 34.2 Å². The van der Waals surface area contributed by atoms with E-state index in [1.807, 2.05) is 30.3 Å². The average molecular weight is 394 g/mol. The van der Waals surface area contributed by atoms with Crippen LogP contribution in [0, 0.1) is 0 Å². The number of anilines is 2. The highest BCUT2D eigenvalue weighted by Crippen LogP contribution is 2.26. The first-order chi connectivity index (χ1) is 13.5. The number of hydrogen-bond donors (Lipinski definition) is 2. The lowest BCUT2D eigenvalue weighted by Crippen LogP contribution is -2.10. The number of benzene rings is 2. The van der Waals surface area contributed by atoms with Crippen molar-refractivity contribution in [3.8, 4) is 5.95 Å². The van der Waals surface area contributed by atoms with Crippen LogP contribution >= 0.6 is 0 Å². The highest BCUT2D eigenvalue weighted by molar-refractivity contribution is 7.92. The van der Waals surface area contributed by atoms with Gasteiger partial charge in [-0.25, -0.2) is 18.4 Å². The molecule has 2 aromatic heterocycles. The summed E-state index contributed by atoms with van der Waals surface area (Å²) in [6, 6.07) is 15.1. The van der Waals surface area contributed by atoms with E-state index in [0.717, 1.165) is 11.8 Å². The molecule has 28 heavy (non-hydrogen) atoms. The number of aromatic nitrogens is 4. The van der Waals surface area contributed by atoms with Gasteiger partial charge in [0.1, 0.15) is 12.1 Å². The Kier molecular flexibility index (Phi) is 4.66. The minimum Gasteiger partial charge on any atom is -0.365 e. The Morgan fingerprint density at radius 2 is 1.89 bits per heavy atom. The van der Waals surface area contributed by atoms with E-state index in [2.05, 4.69) is 25.0 Å². The summed E-state index contributed by atoms with van der Waals surface area (Å²) in [5.74, 6) is 1.08. The predicted octanol–water partition coefficient (Wildman–Crippen LogP) is 2.80. The molecule has 0 amide bonds. The summed E-state index contributed by atoms with van der Waals surface area (Å²) in [7, 11) is -3.38. The van der Waals surface area contributed by atoms with Gasteiger partial charge >= 0.3 is 0 Å². The van der Waals surface area contributed by atoms with Crippen molar-refractivity contribution in [2.75, 3.05) is 16.3 Å². The van der Waals surface area contributed by atoms with Crippen LogP contribution in [0.25, 0.3) is 16.9 Å². The zero-order valence-corrected chi connectivity index (χ0v) is 15.9. The molecule has 0 saturated carbocycles. The summed E-state index contributed by atoms with van der Waals surface area (Å²) in [6.07, 6.45) is 6.16. The van der Waals surface area contributed by atoms with Gasteiger partial charge in [-0.1, -0.05) is 30.3 Å². The minimum atomic E-state index is -3.38. The third-order valence-corrected chi connectivity index (χ3v) is 4.63. The van der Waals surface area contributed by atoms with Crippen molar-refractivity contribution in [1.29, 1.82) is 0 Å². The van der Waals surface area contributed by atoms with Gasteiger partial charge in [0, 0.05) is 30.0 Å². The van der Waals surface area contributed by atoms with Gasteiger partial charge in [-0.3, -0.25) is 9.29 Å². The second-order valence-electron chi connectivity index (χ2n) is 6.29. The first kappa shape index (κ1) is 17.9. The summed E-state index contributed by atoms with van der Waals surface area (Å²) < 4.78 is 27.4. The topological polar surface area (TPSA) is 102 Å². The molecule has 0 unspecified atom stereocenters. The van der Waals surface area contributed by atoms with Crippen LogP contribution < -0.4 is 10.0 Å². The second-order valence-corrected chi connectivity index (χ2v) is 8.04. The number of rotatable bonds is 6. The van der Waals surface area contributed by atoms with Crippen LogP contribution in [-0.2, 0) is 16.6 Å². The molecule has 0 saturated heterocycles. The summed E-state index contributed by atoms with van der Waals surface area (Å²) in [5.41, 5.74) is 2.24. The highest BCUT2D eigenvalue weighted by Gasteiger charge is 2.11. The van der Waals surface area contributed by atoms with E-state index in [0.29, 0.717) is 34.9 Å². The molecular formula is C19H18N6O2S. The van der Waals surface area contributed by atoms with Crippen molar-refractivity contribution >= 4 is 32.4 Å². The monoisotopic (exact) mass is 394 g/mol. The normalized spacial score (nSPS) is 11.5. The fourth-order valence-corrected chi connectivity index (χ4v) is 3.36. The maximum atomic E-state index is 11.6. The van der Waals surface area contributed by atoms with Gasteiger partial charge in [-0.15, -0.1) is 0 Å². The number of sulfonamides is 1. The Morgan fingerprint density at radius 3 is 2.61 bits per heavy atom. The molecule has 2 N–H and O–H groups in total. The number of imidazole rings is 1. The number of hydrogen-bond acceptors (Lipinski definition) is 6. The molecule has 0 aliphatic rings. The van der Waals surface area contributed by atoms with Crippen LogP contribution in [0.5, 0.6) is 0 Å². The van der Waals surface area contributed by atoms with E-state index in [9.17, 15) is 8.42 Å². The molecule has 2 aromatic carbocycles. The molecule has 142 valence electrons. The van der Waals surface area contributed by atoms with Crippen molar-refractivity contribution in [2.45, 2.75) is 6.54 Å². The van der Waals surface area contributed by atoms with E-state index >= 15 is 0 Å². The lowest BCUT2D eigenvalue weighted by atomic mass is 10.2. The van der Waals surface area contributed by atoms with Gasteiger partial charge in [0.15, 0.2) is 0 Å². The molecule has 0 fully saturated rings. The summed E-state index contributed by atoms with van der Waals surface area (Å²) in [5, 5.41) is 4.05. The molecular weight excluding hydrogens is 376 g/mol. The largest absolute Gasteiger partial charge is 0.365 e. The molecule has 0 spiro atoms. The van der Waals surface area contributed by atoms with Gasteiger partial charge in [0.25, 0.3) is 0 Å². The van der Waals surface area contributed by atoms with E-state index < -0.39 is 10.0 Å². The quantitative estimate of drug-likeness (QED) is 0.521. The van der Waals surface area contributed by atoms with E-state index in [-0.39, 0.29) is 0 Å². The van der Waals surface area contributed by atoms with Gasteiger partial charge in [0.2, 0.25) is 16.0 Å². The van der Waals surface area contributed by atoms with Crippen molar-refractivity contribution < 1.29 is 8.42 Å². The molecule has 0 aliphatic heterocycles. The van der Waals surface area contributed by atoms with Gasteiger partial charge < -0.3 is 5.32 Å². The molecule has 0 atom stereocenters. The third-order valence-electron chi connectivity index (χ3n) is 4.03. The van der Waals surface area contributed by atoms with Crippen molar-refractivity contribution in [2.24, 2.45) is 0 Å². The SMILES string of the molecule is CS(=O)(=O)Nc1ccc2nc(-n3ccnc3)nc(NCc3ccccc3)c2c1. The molecule has 9 heteroatoms. The van der Waals surface area contributed by atoms with Crippen LogP contribution in [0.1, 0.15) is 5.56 Å². The maximum absolute atomic E-state index is 11.6. The van der Waals surface area contributed by atoms with E-state index in [4.69, 9.17) is 0 Å². The number of nitrogens with zero attached hydrogens (tertiary/aromatic N) is 4. The molecule has 8 nitrogen and oxygen atoms in total. The highest BCUT2D eigenvalue weighted by atomic mass is 32.2. The van der Waals surface area contributed by atoms with Crippen LogP contribution in [0.3, 0.4) is 0 Å². The third kappa shape index (κ3) is 4.09. The Morgan fingerprint density at radius 1 is 1.07 bits per heavy atom. The van der Waals surface area contributed by atoms with Gasteiger partial charge in [-0.2, -0.15) is 4.98 Å². The summed E-state index contributed by atoms with van der Waals surface area (Å²) >= 11 is 0. The minimum absolute atomic E-state index is 0.455. The standard InChI is InChI=1S/C19H18N6O2S/c1-28(26,27)24-15-7-8-17-16(11-15)18(21-12-14-5-3-2-4-6-14)23-19(22-17)25-10-9-20-13-25/h2-11,13,24H,12H2,1H3,(H,21,22,23). The molecule has 0 bridgehead atoms. The fourth-order valence-electron chi connectivity index (χ4n) is 2.80. The van der Waals surface area contributed by atoms with Crippen LogP contribution in [0.4, 0.5) is 11.5 Å². The van der Waals surface area contributed by atoms with Gasteiger partial charge in [-0.05, 0) is 23.8 Å². The fraction of sp³-hybridized carbons (Fsp3) is 0.105. The van der Waals surface area contributed by atoms with Crippen molar-refractivity contribution in [3.63, 3.8) is 0 Å². The molecule has 0 aliphatic carbocycles. The number of fused-ring (bicyclic) bond motifs is 1. The van der Waals surface area contributed by atoms with E-state index in [1.54, 1.807) is 41.5 Å². The molecule has 4 aromatic rings. The molecule has 0 radical (unpaired) electrons. The van der Waals surface area contributed by atoms with Gasteiger partial charge in [0.05, 0.1) is 11.8 Å². The van der Waals surface area contributed by atoms with Crippen LogP contribution in [0.15, 0.2) is 67.3 Å². The second kappa shape index (κ2) is 7.28. The first-order valence-corrected chi connectivity index (χ1v) is 10.4. The Bertz CT molecular complexity index is 1210. The summed E-state index contributed by atoms with van der Waals surface area (Å²) in [6.45, 7) is 0.569. The Labute approximate surface area is 162 Å². The predicted molar refractivity (Wildman–Crippen MR) is 109 cm³/mol. The zero-order chi connectivity index (χ0) is 19.6. The smallest absolute Gasteiger partial charge is 0.237 e. The Balaban J connectivity index is 1.78. The van der Waals surface area contributed by atoms with Crippen molar-refractivity contribution in [1.82, 2.24) is 19.5 Å².